The van der Waals surface area contributed by atoms with Crippen LogP contribution in [-0.4, -0.2) is 12.5 Å². The lowest BCUT2D eigenvalue weighted by Gasteiger charge is -2.09. The summed E-state index contributed by atoms with van der Waals surface area (Å²) in [5.41, 5.74) is 0.596. The van der Waals surface area contributed by atoms with E-state index in [1.165, 1.54) is 30.3 Å². The second-order valence-corrected chi connectivity index (χ2v) is 4.17. The van der Waals surface area contributed by atoms with Gasteiger partial charge in [0.2, 0.25) is 0 Å². The number of amides is 1. The van der Waals surface area contributed by atoms with Crippen LogP contribution in [0.15, 0.2) is 42.5 Å². The van der Waals surface area contributed by atoms with E-state index < -0.39 is 24.1 Å². The molecule has 4 nitrogen and oxygen atoms in total. The van der Waals surface area contributed by atoms with Crippen LogP contribution in [-0.2, 0) is 0 Å². The van der Waals surface area contributed by atoms with Crippen LogP contribution in [0.2, 0.25) is 0 Å². The van der Waals surface area contributed by atoms with E-state index >= 15 is 0 Å². The number of hydrogen-bond acceptors (Lipinski definition) is 3. The van der Waals surface area contributed by atoms with Crippen LogP contribution in [0.25, 0.3) is 0 Å². The molecule has 0 unspecified atom stereocenters. The molecule has 22 heavy (non-hydrogen) atoms. The predicted octanol–water partition coefficient (Wildman–Crippen LogP) is 3.55. The minimum Gasteiger partial charge on any atom is -0.432 e. The van der Waals surface area contributed by atoms with Crippen LogP contribution in [0.4, 0.5) is 18.9 Å². The third-order valence-corrected chi connectivity index (χ3v) is 2.66. The van der Waals surface area contributed by atoms with Gasteiger partial charge in [0.15, 0.2) is 11.6 Å². The molecule has 0 spiro atoms. The molecule has 0 aliphatic heterocycles. The van der Waals surface area contributed by atoms with Crippen molar-refractivity contribution in [2.45, 2.75) is 6.61 Å². The van der Waals surface area contributed by atoms with Gasteiger partial charge in [-0.1, -0.05) is 6.07 Å². The SMILES string of the molecule is N#Cc1cccc(C(=O)Nc2ccc(OC(F)F)c(F)c2)c1. The van der Waals surface area contributed by atoms with Crippen LogP contribution >= 0.6 is 0 Å². The first-order valence-corrected chi connectivity index (χ1v) is 6.05. The second kappa shape index (κ2) is 6.63. The van der Waals surface area contributed by atoms with E-state index in [1.54, 1.807) is 0 Å². The van der Waals surface area contributed by atoms with E-state index in [9.17, 15) is 18.0 Å². The quantitative estimate of drug-likeness (QED) is 0.939. The lowest BCUT2D eigenvalue weighted by molar-refractivity contribution is -0.0521. The molecule has 0 heterocycles. The number of rotatable bonds is 4. The van der Waals surface area contributed by atoms with Crippen LogP contribution in [0.5, 0.6) is 5.75 Å². The van der Waals surface area contributed by atoms with Crippen molar-refractivity contribution in [1.29, 1.82) is 5.26 Å². The van der Waals surface area contributed by atoms with Gasteiger partial charge in [0.05, 0.1) is 11.6 Å². The van der Waals surface area contributed by atoms with E-state index in [1.807, 2.05) is 6.07 Å². The highest BCUT2D eigenvalue weighted by atomic mass is 19.3. The highest BCUT2D eigenvalue weighted by Crippen LogP contribution is 2.23. The zero-order valence-corrected chi connectivity index (χ0v) is 11.0. The number of nitriles is 1. The van der Waals surface area contributed by atoms with E-state index in [0.717, 1.165) is 12.1 Å². The van der Waals surface area contributed by atoms with Crippen molar-refractivity contribution < 1.29 is 22.7 Å². The zero-order chi connectivity index (χ0) is 16.1. The Hall–Kier alpha value is -3.01. The van der Waals surface area contributed by atoms with Gasteiger partial charge in [0.1, 0.15) is 0 Å². The summed E-state index contributed by atoms with van der Waals surface area (Å²) in [6.07, 6.45) is 0. The summed E-state index contributed by atoms with van der Waals surface area (Å²) < 4.78 is 41.5. The molecule has 0 radical (unpaired) electrons. The summed E-state index contributed by atoms with van der Waals surface area (Å²) in [7, 11) is 0. The smallest absolute Gasteiger partial charge is 0.387 e. The van der Waals surface area contributed by atoms with Gasteiger partial charge in [0, 0.05) is 17.3 Å². The number of nitrogens with zero attached hydrogens (tertiary/aromatic N) is 1. The van der Waals surface area contributed by atoms with Gasteiger partial charge in [0.25, 0.3) is 5.91 Å². The molecule has 0 aliphatic carbocycles. The summed E-state index contributed by atoms with van der Waals surface area (Å²) in [4.78, 5) is 12.0. The average molecular weight is 306 g/mol. The molecule has 2 aromatic carbocycles. The lowest BCUT2D eigenvalue weighted by Crippen LogP contribution is -2.12. The maximum atomic E-state index is 13.5. The summed E-state index contributed by atoms with van der Waals surface area (Å²) in [5.74, 6) is -2.19. The highest BCUT2D eigenvalue weighted by Gasteiger charge is 2.12. The van der Waals surface area contributed by atoms with Crippen LogP contribution in [0, 0.1) is 17.1 Å². The minimum atomic E-state index is -3.14. The van der Waals surface area contributed by atoms with Gasteiger partial charge < -0.3 is 10.1 Å². The van der Waals surface area contributed by atoms with E-state index in [2.05, 4.69) is 10.1 Å². The number of benzene rings is 2. The molecule has 0 saturated heterocycles. The van der Waals surface area contributed by atoms with Gasteiger partial charge in [-0.25, -0.2) is 4.39 Å². The monoisotopic (exact) mass is 306 g/mol. The molecular formula is C15H9F3N2O2. The number of ether oxygens (including phenoxy) is 1. The van der Waals surface area contributed by atoms with Crippen LogP contribution in [0.3, 0.4) is 0 Å². The Morgan fingerprint density at radius 2 is 2.00 bits per heavy atom. The molecule has 2 rings (SSSR count). The fourth-order valence-corrected chi connectivity index (χ4v) is 1.70. The predicted molar refractivity (Wildman–Crippen MR) is 72.1 cm³/mol. The maximum Gasteiger partial charge on any atom is 0.387 e. The second-order valence-electron chi connectivity index (χ2n) is 4.17. The Morgan fingerprint density at radius 1 is 1.23 bits per heavy atom. The Kier molecular flexibility index (Phi) is 4.63. The van der Waals surface area contributed by atoms with E-state index in [4.69, 9.17) is 5.26 Å². The molecule has 0 aliphatic rings. The fraction of sp³-hybridized carbons (Fsp3) is 0.0667. The molecule has 1 amide bonds. The third-order valence-electron chi connectivity index (χ3n) is 2.66. The van der Waals surface area contributed by atoms with Crippen molar-refractivity contribution in [3.8, 4) is 11.8 Å². The molecule has 0 fully saturated rings. The fourth-order valence-electron chi connectivity index (χ4n) is 1.70. The molecule has 0 atom stereocenters. The van der Waals surface area contributed by atoms with E-state index in [-0.39, 0.29) is 11.3 Å². The normalized spacial score (nSPS) is 10.1. The highest BCUT2D eigenvalue weighted by molar-refractivity contribution is 6.04. The molecule has 0 bridgehead atoms. The van der Waals surface area contributed by atoms with Crippen molar-refractivity contribution >= 4 is 11.6 Å². The molecule has 112 valence electrons. The van der Waals surface area contributed by atoms with Crippen molar-refractivity contribution in [2.75, 3.05) is 5.32 Å². The number of nitrogens with one attached hydrogen (secondary N) is 1. The van der Waals surface area contributed by atoms with Crippen molar-refractivity contribution in [3.05, 3.63) is 59.4 Å². The van der Waals surface area contributed by atoms with Gasteiger partial charge in [-0.3, -0.25) is 4.79 Å². The van der Waals surface area contributed by atoms with Crippen LogP contribution in [0.1, 0.15) is 15.9 Å². The summed E-state index contributed by atoms with van der Waals surface area (Å²) in [6, 6.07) is 10.9. The summed E-state index contributed by atoms with van der Waals surface area (Å²) in [5, 5.41) is 11.2. The van der Waals surface area contributed by atoms with Crippen molar-refractivity contribution in [1.82, 2.24) is 0 Å². The molecule has 2 aromatic rings. The van der Waals surface area contributed by atoms with Gasteiger partial charge in [-0.15, -0.1) is 0 Å². The number of carbonyl (C=O) groups is 1. The molecule has 0 saturated carbocycles. The molecular weight excluding hydrogens is 297 g/mol. The Bertz CT molecular complexity index is 742. The molecule has 0 aromatic heterocycles. The lowest BCUT2D eigenvalue weighted by atomic mass is 10.1. The first-order valence-electron chi connectivity index (χ1n) is 6.05. The Morgan fingerprint density at radius 3 is 2.64 bits per heavy atom. The first-order chi connectivity index (χ1) is 10.5. The number of hydrogen-bond donors (Lipinski definition) is 1. The Balaban J connectivity index is 2.15. The van der Waals surface area contributed by atoms with Crippen molar-refractivity contribution in [3.63, 3.8) is 0 Å². The number of carbonyl (C=O) groups excluding carboxylic acids is 1. The van der Waals surface area contributed by atoms with Gasteiger partial charge >= 0.3 is 6.61 Å². The number of anilines is 1. The minimum absolute atomic E-state index is 0.0754. The maximum absolute atomic E-state index is 13.5. The zero-order valence-electron chi connectivity index (χ0n) is 11.0. The largest absolute Gasteiger partial charge is 0.432 e. The topological polar surface area (TPSA) is 62.1 Å². The molecule has 7 heteroatoms. The summed E-state index contributed by atoms with van der Waals surface area (Å²) in [6.45, 7) is -3.14. The van der Waals surface area contributed by atoms with Gasteiger partial charge in [-0.05, 0) is 30.3 Å². The van der Waals surface area contributed by atoms with Crippen LogP contribution < -0.4 is 10.1 Å². The standard InChI is InChI=1S/C15H9F3N2O2/c16-12-7-11(4-5-13(12)22-15(17)18)20-14(21)10-3-1-2-9(6-10)8-19/h1-7,15H,(H,20,21). The number of alkyl halides is 2. The van der Waals surface area contributed by atoms with E-state index in [0.29, 0.717) is 5.56 Å². The number of halogens is 3. The molecule has 1 N–H and O–H groups in total. The Labute approximate surface area is 123 Å². The van der Waals surface area contributed by atoms with Gasteiger partial charge in [-0.2, -0.15) is 14.0 Å². The van der Waals surface area contributed by atoms with Crippen molar-refractivity contribution in [2.24, 2.45) is 0 Å². The third kappa shape index (κ3) is 3.76. The summed E-state index contributed by atoms with van der Waals surface area (Å²) >= 11 is 0. The average Bonchev–Trinajstić information content (AvgIpc) is 2.49. The first kappa shape index (κ1) is 15.4.